The minimum Gasteiger partial charge on any atom is -0.378 e. The van der Waals surface area contributed by atoms with Gasteiger partial charge >= 0.3 is 6.03 Å². The maximum Gasteiger partial charge on any atom is 0.320 e. The number of urea groups is 1. The molecule has 3 aromatic rings. The molecule has 0 aliphatic carbocycles. The van der Waals surface area contributed by atoms with Crippen molar-refractivity contribution in [1.29, 1.82) is 0 Å². The standard InChI is InChI=1S/C30H39N7O3/c1-20-16-24(17-21(2)22(20)3)19-32-29-27(28(31)38)26(33-34-29)18-23-4-6-25(7-5-23)35-8-10-36(11-9-35)30(39)37-12-14-40-15-13-37/h4-7,16-17H,8-15,18-19H2,1-3H3,(H2,31,38)(H2,32,33,34). The number of rotatable bonds is 7. The van der Waals surface area contributed by atoms with Crippen LogP contribution in [0.15, 0.2) is 36.4 Å². The number of benzene rings is 2. The summed E-state index contributed by atoms with van der Waals surface area (Å²) in [6.07, 6.45) is 0.512. The lowest BCUT2D eigenvalue weighted by molar-refractivity contribution is 0.0428. The van der Waals surface area contributed by atoms with E-state index in [1.54, 1.807) is 0 Å². The Kier molecular flexibility index (Phi) is 8.25. The van der Waals surface area contributed by atoms with Crippen LogP contribution in [0.1, 0.15) is 43.9 Å². The Labute approximate surface area is 235 Å². The predicted octanol–water partition coefficient (Wildman–Crippen LogP) is 3.21. The molecule has 2 fully saturated rings. The summed E-state index contributed by atoms with van der Waals surface area (Å²) in [6, 6.07) is 12.7. The number of nitrogens with one attached hydrogen (secondary N) is 2. The molecule has 212 valence electrons. The molecular formula is C30H39N7O3. The molecule has 0 atom stereocenters. The first kappa shape index (κ1) is 27.5. The van der Waals surface area contributed by atoms with Crippen LogP contribution in [0.25, 0.3) is 0 Å². The number of amides is 3. The van der Waals surface area contributed by atoms with E-state index in [-0.39, 0.29) is 6.03 Å². The van der Waals surface area contributed by atoms with Crippen molar-refractivity contribution >= 4 is 23.4 Å². The maximum atomic E-state index is 12.8. The topological polar surface area (TPSA) is 120 Å². The van der Waals surface area contributed by atoms with Gasteiger partial charge in [0, 0.05) is 57.9 Å². The lowest BCUT2D eigenvalue weighted by Gasteiger charge is -2.39. The number of morpholine rings is 1. The summed E-state index contributed by atoms with van der Waals surface area (Å²) in [5, 5.41) is 10.7. The van der Waals surface area contributed by atoms with Gasteiger partial charge in [0.25, 0.3) is 5.91 Å². The van der Waals surface area contributed by atoms with E-state index in [2.05, 4.69) is 77.6 Å². The SMILES string of the molecule is Cc1cc(CNc2n[nH]c(Cc3ccc(N4CCN(C(=O)N5CCOCC5)CC4)cc3)c2C(N)=O)cc(C)c1C. The van der Waals surface area contributed by atoms with E-state index in [1.807, 2.05) is 9.80 Å². The van der Waals surface area contributed by atoms with Crippen LogP contribution in [-0.2, 0) is 17.7 Å². The highest BCUT2D eigenvalue weighted by Crippen LogP contribution is 2.24. The van der Waals surface area contributed by atoms with E-state index >= 15 is 0 Å². The fraction of sp³-hybridized carbons (Fsp3) is 0.433. The molecule has 2 aliphatic rings. The Morgan fingerprint density at radius 2 is 1.55 bits per heavy atom. The molecule has 3 heterocycles. The first-order valence-corrected chi connectivity index (χ1v) is 13.9. The van der Waals surface area contributed by atoms with Crippen LogP contribution >= 0.6 is 0 Å². The van der Waals surface area contributed by atoms with Gasteiger partial charge in [-0.2, -0.15) is 5.10 Å². The van der Waals surface area contributed by atoms with Crippen LogP contribution in [-0.4, -0.2) is 84.4 Å². The number of H-pyrrole nitrogens is 1. The normalized spacial score (nSPS) is 15.8. The predicted molar refractivity (Wildman–Crippen MR) is 156 cm³/mol. The van der Waals surface area contributed by atoms with Gasteiger partial charge in [0.1, 0.15) is 5.56 Å². The summed E-state index contributed by atoms with van der Waals surface area (Å²) in [7, 11) is 0. The Morgan fingerprint density at radius 3 is 2.17 bits per heavy atom. The number of hydrogen-bond acceptors (Lipinski definition) is 6. The zero-order valence-corrected chi connectivity index (χ0v) is 23.6. The monoisotopic (exact) mass is 545 g/mol. The van der Waals surface area contributed by atoms with Gasteiger partial charge in [-0.05, 0) is 60.7 Å². The fourth-order valence-corrected chi connectivity index (χ4v) is 5.45. The number of primary amides is 1. The summed E-state index contributed by atoms with van der Waals surface area (Å²) in [5.74, 6) is -0.0388. The van der Waals surface area contributed by atoms with E-state index in [0.29, 0.717) is 69.4 Å². The summed E-state index contributed by atoms with van der Waals surface area (Å²) in [6.45, 7) is 12.4. The van der Waals surface area contributed by atoms with Crippen LogP contribution in [0, 0.1) is 20.8 Å². The smallest absolute Gasteiger partial charge is 0.320 e. The van der Waals surface area contributed by atoms with Crippen molar-refractivity contribution in [1.82, 2.24) is 20.0 Å². The van der Waals surface area contributed by atoms with Crippen LogP contribution in [0.5, 0.6) is 0 Å². The van der Waals surface area contributed by atoms with Gasteiger partial charge in [0.2, 0.25) is 0 Å². The Balaban J connectivity index is 1.19. The molecular weight excluding hydrogens is 506 g/mol. The summed E-state index contributed by atoms with van der Waals surface area (Å²) in [4.78, 5) is 31.3. The van der Waals surface area contributed by atoms with Crippen molar-refractivity contribution in [2.75, 3.05) is 62.7 Å². The number of piperazine rings is 1. The van der Waals surface area contributed by atoms with Crippen molar-refractivity contribution in [2.24, 2.45) is 5.73 Å². The molecule has 10 heteroatoms. The lowest BCUT2D eigenvalue weighted by atomic mass is 10.0. The van der Waals surface area contributed by atoms with Gasteiger partial charge in [-0.15, -0.1) is 0 Å². The molecule has 0 bridgehead atoms. The molecule has 4 N–H and O–H groups in total. The molecule has 5 rings (SSSR count). The third-order valence-corrected chi connectivity index (χ3v) is 8.05. The fourth-order valence-electron chi connectivity index (χ4n) is 5.45. The van der Waals surface area contributed by atoms with Crippen molar-refractivity contribution in [2.45, 2.75) is 33.7 Å². The molecule has 2 aliphatic heterocycles. The van der Waals surface area contributed by atoms with Crippen molar-refractivity contribution < 1.29 is 14.3 Å². The summed E-state index contributed by atoms with van der Waals surface area (Å²) >= 11 is 0. The lowest BCUT2D eigenvalue weighted by Crippen LogP contribution is -2.54. The number of carbonyl (C=O) groups excluding carboxylic acids is 2. The van der Waals surface area contributed by atoms with Crippen molar-refractivity contribution in [3.63, 3.8) is 0 Å². The van der Waals surface area contributed by atoms with Crippen LogP contribution in [0.3, 0.4) is 0 Å². The number of ether oxygens (including phenoxy) is 1. The Morgan fingerprint density at radius 1 is 0.925 bits per heavy atom. The van der Waals surface area contributed by atoms with Crippen LogP contribution < -0.4 is 16.0 Å². The third-order valence-electron chi connectivity index (χ3n) is 8.05. The van der Waals surface area contributed by atoms with E-state index in [1.165, 1.54) is 16.7 Å². The van der Waals surface area contributed by atoms with E-state index < -0.39 is 5.91 Å². The first-order chi connectivity index (χ1) is 19.3. The molecule has 3 amide bonds. The second kappa shape index (κ2) is 12.0. The van der Waals surface area contributed by atoms with Gasteiger partial charge in [0.05, 0.1) is 18.9 Å². The summed E-state index contributed by atoms with van der Waals surface area (Å²) in [5.41, 5.74) is 13.9. The van der Waals surface area contributed by atoms with E-state index in [0.717, 1.165) is 29.9 Å². The maximum absolute atomic E-state index is 12.8. The average molecular weight is 546 g/mol. The van der Waals surface area contributed by atoms with Gasteiger partial charge in [-0.3, -0.25) is 9.89 Å². The molecule has 0 saturated carbocycles. The molecule has 10 nitrogen and oxygen atoms in total. The largest absolute Gasteiger partial charge is 0.378 e. The second-order valence-corrected chi connectivity index (χ2v) is 10.7. The Hall–Kier alpha value is -4.05. The molecule has 40 heavy (non-hydrogen) atoms. The zero-order chi connectivity index (χ0) is 28.2. The van der Waals surface area contributed by atoms with Crippen molar-refractivity contribution in [3.05, 3.63) is 75.5 Å². The number of aromatic amines is 1. The van der Waals surface area contributed by atoms with Crippen LogP contribution in [0.2, 0.25) is 0 Å². The number of aromatic nitrogens is 2. The van der Waals surface area contributed by atoms with E-state index in [4.69, 9.17) is 10.5 Å². The number of nitrogens with two attached hydrogens (primary N) is 1. The van der Waals surface area contributed by atoms with Gasteiger partial charge in [-0.1, -0.05) is 24.3 Å². The highest BCUT2D eigenvalue weighted by molar-refractivity contribution is 5.99. The number of carbonyl (C=O) groups is 2. The van der Waals surface area contributed by atoms with Gasteiger partial charge in [0.15, 0.2) is 5.82 Å². The van der Waals surface area contributed by atoms with Crippen LogP contribution in [0.4, 0.5) is 16.3 Å². The quantitative estimate of drug-likeness (QED) is 0.420. The summed E-state index contributed by atoms with van der Waals surface area (Å²) < 4.78 is 5.36. The number of hydrogen-bond donors (Lipinski definition) is 3. The Bertz CT molecular complexity index is 1330. The molecule has 1 aromatic heterocycles. The first-order valence-electron chi connectivity index (χ1n) is 13.9. The molecule has 2 saturated heterocycles. The minimum absolute atomic E-state index is 0.112. The highest BCUT2D eigenvalue weighted by atomic mass is 16.5. The number of aryl methyl sites for hydroxylation is 2. The third kappa shape index (κ3) is 6.07. The average Bonchev–Trinajstić information content (AvgIpc) is 3.38. The van der Waals surface area contributed by atoms with Gasteiger partial charge in [-0.25, -0.2) is 4.79 Å². The molecule has 0 unspecified atom stereocenters. The minimum atomic E-state index is -0.511. The molecule has 0 radical (unpaired) electrons. The van der Waals surface area contributed by atoms with Crippen molar-refractivity contribution in [3.8, 4) is 0 Å². The van der Waals surface area contributed by atoms with Gasteiger partial charge < -0.3 is 30.5 Å². The van der Waals surface area contributed by atoms with E-state index in [9.17, 15) is 9.59 Å². The highest BCUT2D eigenvalue weighted by Gasteiger charge is 2.26. The molecule has 2 aromatic carbocycles. The molecule has 0 spiro atoms. The number of anilines is 2. The zero-order valence-electron chi connectivity index (χ0n) is 23.6. The second-order valence-electron chi connectivity index (χ2n) is 10.7. The number of nitrogens with zero attached hydrogens (tertiary/aromatic N) is 4.